The van der Waals surface area contributed by atoms with E-state index in [2.05, 4.69) is 18.1 Å². The molecule has 0 unspecified atom stereocenters. The molecule has 0 aliphatic carbocycles. The number of rotatable bonds is 8. The molecule has 0 aliphatic heterocycles. The van der Waals surface area contributed by atoms with E-state index in [9.17, 15) is 4.79 Å². The number of nitrogens with zero attached hydrogens (tertiary/aromatic N) is 2. The molecule has 136 valence electrons. The Labute approximate surface area is 163 Å². The van der Waals surface area contributed by atoms with Crippen LogP contribution in [0.4, 0.5) is 5.13 Å². The lowest BCUT2D eigenvalue weighted by molar-refractivity contribution is 0.0989. The van der Waals surface area contributed by atoms with Gasteiger partial charge in [-0.15, -0.1) is 17.9 Å². The molecule has 0 spiro atoms. The van der Waals surface area contributed by atoms with Crippen molar-refractivity contribution >= 4 is 22.4 Å². The van der Waals surface area contributed by atoms with Crippen LogP contribution in [0.5, 0.6) is 5.75 Å². The van der Waals surface area contributed by atoms with E-state index in [1.54, 1.807) is 41.3 Å². The molecule has 4 nitrogen and oxygen atoms in total. The Morgan fingerprint density at radius 3 is 2.48 bits per heavy atom. The predicted octanol–water partition coefficient (Wildman–Crippen LogP) is 5.21. The van der Waals surface area contributed by atoms with Crippen LogP contribution >= 0.6 is 11.3 Å². The normalized spacial score (nSPS) is 10.2. The fourth-order valence-electron chi connectivity index (χ4n) is 2.51. The fourth-order valence-corrected chi connectivity index (χ4v) is 3.35. The summed E-state index contributed by atoms with van der Waals surface area (Å²) in [5.74, 6) is 0.571. The summed E-state index contributed by atoms with van der Waals surface area (Å²) in [6.07, 6.45) is 3.38. The maximum absolute atomic E-state index is 13.0. The fraction of sp³-hybridized carbons (Fsp3) is 0.0909. The lowest BCUT2D eigenvalue weighted by Gasteiger charge is -2.18. The second-order valence-electron chi connectivity index (χ2n) is 5.71. The highest BCUT2D eigenvalue weighted by molar-refractivity contribution is 7.14. The summed E-state index contributed by atoms with van der Waals surface area (Å²) in [5.41, 5.74) is 2.44. The molecule has 1 heterocycles. The first kappa shape index (κ1) is 18.6. The van der Waals surface area contributed by atoms with Crippen molar-refractivity contribution in [2.75, 3.05) is 18.1 Å². The highest BCUT2D eigenvalue weighted by atomic mass is 32.1. The number of carbonyl (C=O) groups excluding carboxylic acids is 1. The van der Waals surface area contributed by atoms with Crippen molar-refractivity contribution in [1.82, 2.24) is 4.98 Å². The molecule has 2 aromatic carbocycles. The maximum atomic E-state index is 13.0. The molecule has 27 heavy (non-hydrogen) atoms. The number of thiazole rings is 1. The van der Waals surface area contributed by atoms with Crippen molar-refractivity contribution in [1.29, 1.82) is 0 Å². The largest absolute Gasteiger partial charge is 0.490 e. The average Bonchev–Trinajstić information content (AvgIpc) is 3.21. The van der Waals surface area contributed by atoms with Crippen LogP contribution in [0.2, 0.25) is 0 Å². The summed E-state index contributed by atoms with van der Waals surface area (Å²) in [6, 6.07) is 17.0. The van der Waals surface area contributed by atoms with E-state index in [0.717, 1.165) is 11.3 Å². The minimum atomic E-state index is -0.126. The van der Waals surface area contributed by atoms with E-state index in [1.807, 2.05) is 35.7 Å². The Balaban J connectivity index is 1.82. The minimum absolute atomic E-state index is 0.126. The van der Waals surface area contributed by atoms with Gasteiger partial charge in [-0.1, -0.05) is 49.1 Å². The quantitative estimate of drug-likeness (QED) is 0.507. The number of anilines is 1. The van der Waals surface area contributed by atoms with Gasteiger partial charge in [0.05, 0.1) is 5.69 Å². The molecule has 1 amide bonds. The molecule has 0 saturated heterocycles. The SMILES string of the molecule is C=CCOc1ccc(C(=O)N(CC=C)c2nc(-c3ccccc3)cs2)cc1. The van der Waals surface area contributed by atoms with Crippen molar-refractivity contribution in [2.24, 2.45) is 0 Å². The molecule has 0 saturated carbocycles. The first-order chi connectivity index (χ1) is 13.2. The molecule has 3 rings (SSSR count). The molecule has 0 aliphatic rings. The van der Waals surface area contributed by atoms with Gasteiger partial charge in [-0.25, -0.2) is 4.98 Å². The summed E-state index contributed by atoms with van der Waals surface area (Å²) in [6.45, 7) is 8.20. The number of ether oxygens (including phenoxy) is 1. The Kier molecular flexibility index (Phi) is 6.18. The highest BCUT2D eigenvalue weighted by Gasteiger charge is 2.20. The van der Waals surface area contributed by atoms with Gasteiger partial charge in [-0.05, 0) is 24.3 Å². The number of aromatic nitrogens is 1. The van der Waals surface area contributed by atoms with Crippen LogP contribution in [0.25, 0.3) is 11.3 Å². The first-order valence-electron chi connectivity index (χ1n) is 8.50. The molecule has 0 atom stereocenters. The monoisotopic (exact) mass is 376 g/mol. The van der Waals surface area contributed by atoms with Crippen molar-refractivity contribution < 1.29 is 9.53 Å². The summed E-state index contributed by atoms with van der Waals surface area (Å²) in [7, 11) is 0. The van der Waals surface area contributed by atoms with Crippen LogP contribution < -0.4 is 9.64 Å². The van der Waals surface area contributed by atoms with Gasteiger partial charge in [0.15, 0.2) is 5.13 Å². The Bertz CT molecular complexity index is 917. The van der Waals surface area contributed by atoms with Gasteiger partial charge < -0.3 is 4.74 Å². The van der Waals surface area contributed by atoms with E-state index in [0.29, 0.717) is 29.6 Å². The number of amides is 1. The number of hydrogen-bond donors (Lipinski definition) is 0. The molecule has 1 aromatic heterocycles. The van der Waals surface area contributed by atoms with E-state index >= 15 is 0 Å². The van der Waals surface area contributed by atoms with Crippen molar-refractivity contribution in [3.05, 3.63) is 90.9 Å². The number of carbonyl (C=O) groups is 1. The summed E-state index contributed by atoms with van der Waals surface area (Å²) in [5, 5.41) is 2.60. The third-order valence-corrected chi connectivity index (χ3v) is 4.68. The Morgan fingerprint density at radius 2 is 1.81 bits per heavy atom. The molecular weight excluding hydrogens is 356 g/mol. The van der Waals surface area contributed by atoms with Crippen molar-refractivity contribution in [2.45, 2.75) is 0 Å². The molecule has 5 heteroatoms. The zero-order valence-electron chi connectivity index (χ0n) is 14.9. The van der Waals surface area contributed by atoms with E-state index in [1.165, 1.54) is 11.3 Å². The smallest absolute Gasteiger partial charge is 0.260 e. The van der Waals surface area contributed by atoms with Crippen LogP contribution in [-0.2, 0) is 0 Å². The predicted molar refractivity (Wildman–Crippen MR) is 112 cm³/mol. The third kappa shape index (κ3) is 4.51. The molecule has 0 radical (unpaired) electrons. The zero-order valence-corrected chi connectivity index (χ0v) is 15.7. The van der Waals surface area contributed by atoms with Crippen LogP contribution in [-0.4, -0.2) is 24.0 Å². The van der Waals surface area contributed by atoms with Gasteiger partial charge >= 0.3 is 0 Å². The van der Waals surface area contributed by atoms with Crippen LogP contribution in [0.1, 0.15) is 10.4 Å². The van der Waals surface area contributed by atoms with Gasteiger partial charge in [0, 0.05) is 23.1 Å². The van der Waals surface area contributed by atoms with Crippen LogP contribution in [0.15, 0.2) is 85.3 Å². The standard InChI is InChI=1S/C22H20N2O2S/c1-3-14-24(21(25)18-10-12-19(13-11-18)26-15-4-2)22-23-20(16-27-22)17-8-6-5-7-9-17/h3-13,16H,1-2,14-15H2. The van der Waals surface area contributed by atoms with E-state index < -0.39 is 0 Å². The van der Waals surface area contributed by atoms with Crippen LogP contribution in [0.3, 0.4) is 0 Å². The van der Waals surface area contributed by atoms with E-state index in [4.69, 9.17) is 4.74 Å². The molecular formula is C22H20N2O2S. The second-order valence-corrected chi connectivity index (χ2v) is 6.55. The number of benzene rings is 2. The molecule has 0 fully saturated rings. The van der Waals surface area contributed by atoms with Gasteiger partial charge in [0.1, 0.15) is 12.4 Å². The third-order valence-electron chi connectivity index (χ3n) is 3.82. The van der Waals surface area contributed by atoms with Gasteiger partial charge in [-0.2, -0.15) is 0 Å². The van der Waals surface area contributed by atoms with Gasteiger partial charge in [0.2, 0.25) is 0 Å². The molecule has 0 bridgehead atoms. The Morgan fingerprint density at radius 1 is 1.07 bits per heavy atom. The average molecular weight is 376 g/mol. The molecule has 0 N–H and O–H groups in total. The first-order valence-corrected chi connectivity index (χ1v) is 9.38. The second kappa shape index (κ2) is 8.96. The Hall–Kier alpha value is -3.18. The summed E-state index contributed by atoms with van der Waals surface area (Å²) >= 11 is 1.44. The molecule has 3 aromatic rings. The number of hydrogen-bond acceptors (Lipinski definition) is 4. The van der Waals surface area contributed by atoms with Crippen molar-refractivity contribution in [3.8, 4) is 17.0 Å². The lowest BCUT2D eigenvalue weighted by atomic mass is 10.2. The van der Waals surface area contributed by atoms with E-state index in [-0.39, 0.29) is 5.91 Å². The summed E-state index contributed by atoms with van der Waals surface area (Å²) < 4.78 is 5.47. The van der Waals surface area contributed by atoms with Crippen molar-refractivity contribution in [3.63, 3.8) is 0 Å². The zero-order chi connectivity index (χ0) is 19.1. The summed E-state index contributed by atoms with van der Waals surface area (Å²) in [4.78, 5) is 19.3. The minimum Gasteiger partial charge on any atom is -0.490 e. The van der Waals surface area contributed by atoms with Crippen LogP contribution in [0, 0.1) is 0 Å². The maximum Gasteiger partial charge on any atom is 0.260 e. The van der Waals surface area contributed by atoms with Gasteiger partial charge in [0.25, 0.3) is 5.91 Å². The lowest BCUT2D eigenvalue weighted by Crippen LogP contribution is -2.30. The highest BCUT2D eigenvalue weighted by Crippen LogP contribution is 2.28. The van der Waals surface area contributed by atoms with Gasteiger partial charge in [-0.3, -0.25) is 9.69 Å². The topological polar surface area (TPSA) is 42.4 Å².